The monoisotopic (exact) mass is 422 g/mol. The molecule has 164 valence electrons. The summed E-state index contributed by atoms with van der Waals surface area (Å²) in [6.45, 7) is 5.56. The number of allylic oxidation sites excluding steroid dienone is 1. The van der Waals surface area contributed by atoms with Gasteiger partial charge in [-0.25, -0.2) is 0 Å². The Hall–Kier alpha value is -2.77. The highest BCUT2D eigenvalue weighted by Crippen LogP contribution is 2.48. The molecule has 0 spiro atoms. The second-order valence-electron chi connectivity index (χ2n) is 8.29. The van der Waals surface area contributed by atoms with Crippen molar-refractivity contribution in [1.29, 1.82) is 0 Å². The zero-order chi connectivity index (χ0) is 22.0. The van der Waals surface area contributed by atoms with E-state index in [1.54, 1.807) is 6.20 Å². The molecule has 2 bridgehead atoms. The summed E-state index contributed by atoms with van der Waals surface area (Å²) in [7, 11) is 0. The van der Waals surface area contributed by atoms with Crippen LogP contribution < -0.4 is 10.9 Å². The molecular weight excluding hydrogens is 392 g/mol. The van der Waals surface area contributed by atoms with Gasteiger partial charge in [0, 0.05) is 42.6 Å². The molecule has 0 aliphatic carbocycles. The van der Waals surface area contributed by atoms with Crippen molar-refractivity contribution in [2.75, 3.05) is 13.2 Å². The number of carbonyl (C=O) groups excluding carboxylic acids is 1. The van der Waals surface area contributed by atoms with Gasteiger partial charge in [0.15, 0.2) is 0 Å². The second-order valence-corrected chi connectivity index (χ2v) is 8.29. The maximum absolute atomic E-state index is 13.4. The third kappa shape index (κ3) is 3.83. The van der Waals surface area contributed by atoms with Crippen LogP contribution in [-0.2, 0) is 17.9 Å². The van der Waals surface area contributed by atoms with Crippen LogP contribution in [0.1, 0.15) is 43.3 Å². The summed E-state index contributed by atoms with van der Waals surface area (Å²) >= 11 is 0. The van der Waals surface area contributed by atoms with Crippen LogP contribution in [-0.4, -0.2) is 44.7 Å². The van der Waals surface area contributed by atoms with Crippen molar-refractivity contribution in [3.8, 4) is 0 Å². The zero-order valence-corrected chi connectivity index (χ0v) is 18.1. The molecule has 0 radical (unpaired) electrons. The maximum atomic E-state index is 13.4. The fourth-order valence-electron chi connectivity index (χ4n) is 5.21. The zero-order valence-electron chi connectivity index (χ0n) is 18.1. The lowest BCUT2D eigenvalue weighted by atomic mass is 9.86. The summed E-state index contributed by atoms with van der Waals surface area (Å²) < 4.78 is 1.81. The highest BCUT2D eigenvalue weighted by molar-refractivity contribution is 5.80. The van der Waals surface area contributed by atoms with Crippen LogP contribution >= 0.6 is 0 Å². The van der Waals surface area contributed by atoms with Crippen LogP contribution in [0, 0.1) is 11.8 Å². The molecule has 2 aromatic rings. The van der Waals surface area contributed by atoms with E-state index < -0.39 is 5.92 Å². The van der Waals surface area contributed by atoms with E-state index >= 15 is 0 Å². The number of hydrogen-bond donors (Lipinski definition) is 2. The van der Waals surface area contributed by atoms with Crippen LogP contribution in [0.5, 0.6) is 0 Å². The number of rotatable bonds is 7. The number of nitrogens with zero attached hydrogens (tertiary/aromatic N) is 3. The van der Waals surface area contributed by atoms with E-state index in [2.05, 4.69) is 22.1 Å². The molecule has 2 aliphatic heterocycles. The molecule has 1 saturated heterocycles. The van der Waals surface area contributed by atoms with E-state index in [-0.39, 0.29) is 36.1 Å². The lowest BCUT2D eigenvalue weighted by Crippen LogP contribution is -2.47. The van der Waals surface area contributed by atoms with Crippen molar-refractivity contribution in [3.63, 3.8) is 0 Å². The maximum Gasteiger partial charge on any atom is 0.258 e. The van der Waals surface area contributed by atoms with Crippen molar-refractivity contribution in [3.05, 3.63) is 69.9 Å². The first-order valence-electron chi connectivity index (χ1n) is 11.0. The van der Waals surface area contributed by atoms with E-state index in [9.17, 15) is 14.7 Å². The quantitative estimate of drug-likeness (QED) is 0.712. The molecule has 31 heavy (non-hydrogen) atoms. The van der Waals surface area contributed by atoms with Crippen molar-refractivity contribution < 1.29 is 9.90 Å². The molecule has 7 nitrogen and oxygen atoms in total. The summed E-state index contributed by atoms with van der Waals surface area (Å²) in [4.78, 5) is 33.1. The summed E-state index contributed by atoms with van der Waals surface area (Å²) in [6.07, 6.45) is 6.31. The molecule has 4 rings (SSSR count). The molecule has 1 fully saturated rings. The van der Waals surface area contributed by atoms with Gasteiger partial charge in [-0.3, -0.25) is 19.5 Å². The number of aliphatic hydroxyl groups excluding tert-OH is 1. The largest absolute Gasteiger partial charge is 0.396 e. The minimum atomic E-state index is -0.425. The van der Waals surface area contributed by atoms with Crippen LogP contribution in [0.2, 0.25) is 0 Å². The number of hydrogen-bond acceptors (Lipinski definition) is 5. The van der Waals surface area contributed by atoms with Gasteiger partial charge < -0.3 is 15.0 Å². The van der Waals surface area contributed by atoms with Gasteiger partial charge in [-0.05, 0) is 44.2 Å². The van der Waals surface area contributed by atoms with E-state index in [1.807, 2.05) is 54.0 Å². The van der Waals surface area contributed by atoms with Gasteiger partial charge >= 0.3 is 0 Å². The van der Waals surface area contributed by atoms with E-state index in [0.717, 1.165) is 24.4 Å². The van der Waals surface area contributed by atoms with Crippen molar-refractivity contribution >= 4 is 12.0 Å². The summed E-state index contributed by atoms with van der Waals surface area (Å²) in [6, 6.07) is 9.14. The molecule has 4 atom stereocenters. The smallest absolute Gasteiger partial charge is 0.258 e. The highest BCUT2D eigenvalue weighted by Gasteiger charge is 2.55. The predicted octanol–water partition coefficient (Wildman–Crippen LogP) is 1.97. The molecule has 7 heteroatoms. The third-order valence-electron chi connectivity index (χ3n) is 6.50. The molecule has 0 unspecified atom stereocenters. The van der Waals surface area contributed by atoms with Gasteiger partial charge in [-0.15, -0.1) is 0 Å². The number of carbonyl (C=O) groups is 1. The number of pyridine rings is 2. The number of aliphatic hydroxyl groups is 1. The Morgan fingerprint density at radius 3 is 2.84 bits per heavy atom. The van der Waals surface area contributed by atoms with Crippen LogP contribution in [0.4, 0.5) is 0 Å². The van der Waals surface area contributed by atoms with Crippen LogP contribution in [0.3, 0.4) is 0 Å². The van der Waals surface area contributed by atoms with Gasteiger partial charge in [-0.2, -0.15) is 0 Å². The normalized spacial score (nSPS) is 25.0. The first kappa shape index (κ1) is 21.5. The lowest BCUT2D eigenvalue weighted by Gasteiger charge is -2.38. The molecule has 0 aromatic carbocycles. The fourth-order valence-corrected chi connectivity index (χ4v) is 5.21. The van der Waals surface area contributed by atoms with Crippen LogP contribution in [0.25, 0.3) is 6.08 Å². The Labute approximate surface area is 182 Å². The Balaban J connectivity index is 1.70. The fraction of sp³-hybridized carbons (Fsp3) is 0.458. The van der Waals surface area contributed by atoms with Crippen molar-refractivity contribution in [2.45, 2.75) is 45.4 Å². The van der Waals surface area contributed by atoms with E-state index in [1.165, 1.54) is 0 Å². The Bertz CT molecular complexity index is 1020. The predicted molar refractivity (Wildman–Crippen MR) is 119 cm³/mol. The van der Waals surface area contributed by atoms with E-state index in [0.29, 0.717) is 18.7 Å². The standard InChI is InChI=1S/C24H30N4O3/c1-3-7-16-9-10-19-22-21(23(30)26-13-17-8-5-6-11-25-17)18(15-29)20(27(22)12-4-2)14-28(19)24(16)31/h3,5-11,18,20-22,29H,4,12-15H2,1-2H3,(H,26,30)/b7-3+/t18-,20-,21+,22+/m0/s1. The Morgan fingerprint density at radius 2 is 2.16 bits per heavy atom. The summed E-state index contributed by atoms with van der Waals surface area (Å²) in [5.41, 5.74) is 2.26. The van der Waals surface area contributed by atoms with Gasteiger partial charge in [0.25, 0.3) is 5.56 Å². The topological polar surface area (TPSA) is 87.5 Å². The molecular formula is C24H30N4O3. The molecule has 2 N–H and O–H groups in total. The molecule has 0 saturated carbocycles. The number of amides is 1. The molecule has 4 heterocycles. The van der Waals surface area contributed by atoms with Crippen LogP contribution in [0.15, 0.2) is 47.4 Å². The Kier molecular flexibility index (Phi) is 6.34. The first-order chi connectivity index (χ1) is 15.1. The lowest BCUT2D eigenvalue weighted by molar-refractivity contribution is -0.127. The number of aromatic nitrogens is 2. The van der Waals surface area contributed by atoms with Crippen molar-refractivity contribution in [2.24, 2.45) is 11.8 Å². The van der Waals surface area contributed by atoms with E-state index in [4.69, 9.17) is 0 Å². The van der Waals surface area contributed by atoms with Gasteiger partial charge in [0.2, 0.25) is 5.91 Å². The SMILES string of the molecule is C/C=C/c1ccc2n(c1=O)C[C@H]1[C@H](CO)[C@@H](C(=O)NCc3ccccn3)[C@@H]2N1CCC. The second kappa shape index (κ2) is 9.16. The van der Waals surface area contributed by atoms with Gasteiger partial charge in [0.1, 0.15) is 0 Å². The van der Waals surface area contributed by atoms with Gasteiger partial charge in [0.05, 0.1) is 24.2 Å². The third-order valence-corrected chi connectivity index (χ3v) is 6.50. The number of nitrogens with one attached hydrogen (secondary N) is 1. The highest BCUT2D eigenvalue weighted by atomic mass is 16.3. The first-order valence-corrected chi connectivity index (χ1v) is 11.0. The average molecular weight is 423 g/mol. The molecule has 2 aromatic heterocycles. The summed E-state index contributed by atoms with van der Waals surface area (Å²) in [5, 5.41) is 13.3. The summed E-state index contributed by atoms with van der Waals surface area (Å²) in [5.74, 6) is -0.757. The van der Waals surface area contributed by atoms with Crippen molar-refractivity contribution in [1.82, 2.24) is 19.8 Å². The Morgan fingerprint density at radius 1 is 1.32 bits per heavy atom. The minimum absolute atomic E-state index is 0.0343. The molecule has 2 aliphatic rings. The minimum Gasteiger partial charge on any atom is -0.396 e. The number of fused-ring (bicyclic) bond motifs is 4. The average Bonchev–Trinajstić information content (AvgIpc) is 3.00. The molecule has 1 amide bonds. The van der Waals surface area contributed by atoms with Gasteiger partial charge in [-0.1, -0.05) is 25.1 Å².